The molecule has 0 radical (unpaired) electrons. The second-order valence-electron chi connectivity index (χ2n) is 5.13. The van der Waals surface area contributed by atoms with Crippen LogP contribution in [0.25, 0.3) is 0 Å². The summed E-state index contributed by atoms with van der Waals surface area (Å²) >= 11 is 0. The molecule has 1 saturated heterocycles. The highest BCUT2D eigenvalue weighted by Crippen LogP contribution is 2.11. The van der Waals surface area contributed by atoms with Crippen LogP contribution in [0.15, 0.2) is 0 Å². The van der Waals surface area contributed by atoms with Gasteiger partial charge < -0.3 is 19.8 Å². The molecule has 2 atom stereocenters. The standard InChI is InChI=1S/C13H26N2O4/c1-11-8-15(9-12(2)19-11)13(18)10-14(5-7-17)4-3-6-16/h11-12,16-17H,3-10H2,1-2H3. The zero-order valence-electron chi connectivity index (χ0n) is 11.9. The maximum absolute atomic E-state index is 12.2. The molecule has 0 aromatic rings. The number of ether oxygens (including phenoxy) is 1. The number of aliphatic hydroxyl groups is 2. The van der Waals surface area contributed by atoms with Gasteiger partial charge in [0.05, 0.1) is 25.4 Å². The Labute approximate surface area is 114 Å². The van der Waals surface area contributed by atoms with Crippen molar-refractivity contribution >= 4 is 5.91 Å². The zero-order valence-corrected chi connectivity index (χ0v) is 11.9. The van der Waals surface area contributed by atoms with Gasteiger partial charge in [-0.3, -0.25) is 9.69 Å². The van der Waals surface area contributed by atoms with Crippen LogP contribution in [-0.2, 0) is 9.53 Å². The summed E-state index contributed by atoms with van der Waals surface area (Å²) in [6.45, 7) is 6.67. The van der Waals surface area contributed by atoms with Crippen LogP contribution >= 0.6 is 0 Å². The maximum atomic E-state index is 12.2. The summed E-state index contributed by atoms with van der Waals surface area (Å²) in [6.07, 6.45) is 0.747. The first kappa shape index (κ1) is 16.4. The van der Waals surface area contributed by atoms with Gasteiger partial charge >= 0.3 is 0 Å². The molecule has 1 fully saturated rings. The largest absolute Gasteiger partial charge is 0.396 e. The van der Waals surface area contributed by atoms with Gasteiger partial charge in [-0.25, -0.2) is 0 Å². The molecule has 6 heteroatoms. The number of carbonyl (C=O) groups is 1. The van der Waals surface area contributed by atoms with Crippen LogP contribution in [0, 0.1) is 0 Å². The third-order valence-corrected chi connectivity index (χ3v) is 3.18. The second-order valence-corrected chi connectivity index (χ2v) is 5.13. The van der Waals surface area contributed by atoms with Crippen molar-refractivity contribution in [1.29, 1.82) is 0 Å². The number of carbonyl (C=O) groups excluding carboxylic acids is 1. The Kier molecular flexibility index (Phi) is 7.30. The lowest BCUT2D eigenvalue weighted by Crippen LogP contribution is -2.51. The molecule has 0 aromatic carbocycles. The lowest BCUT2D eigenvalue weighted by Gasteiger charge is -2.36. The van der Waals surface area contributed by atoms with Crippen molar-refractivity contribution in [3.63, 3.8) is 0 Å². The van der Waals surface area contributed by atoms with Crippen molar-refractivity contribution in [2.75, 3.05) is 45.9 Å². The molecule has 0 aromatic heterocycles. The second kappa shape index (κ2) is 8.47. The van der Waals surface area contributed by atoms with E-state index in [2.05, 4.69) is 0 Å². The monoisotopic (exact) mass is 274 g/mol. The Morgan fingerprint density at radius 2 is 1.84 bits per heavy atom. The summed E-state index contributed by atoms with van der Waals surface area (Å²) < 4.78 is 5.60. The lowest BCUT2D eigenvalue weighted by atomic mass is 10.2. The molecule has 1 amide bonds. The summed E-state index contributed by atoms with van der Waals surface area (Å²) in [7, 11) is 0. The molecule has 2 unspecified atom stereocenters. The van der Waals surface area contributed by atoms with Crippen molar-refractivity contribution in [2.24, 2.45) is 0 Å². The maximum Gasteiger partial charge on any atom is 0.236 e. The van der Waals surface area contributed by atoms with E-state index in [0.29, 0.717) is 39.1 Å². The Morgan fingerprint density at radius 3 is 2.37 bits per heavy atom. The average molecular weight is 274 g/mol. The molecule has 1 rings (SSSR count). The number of rotatable bonds is 7. The van der Waals surface area contributed by atoms with Crippen LogP contribution in [0.3, 0.4) is 0 Å². The topological polar surface area (TPSA) is 73.2 Å². The van der Waals surface area contributed by atoms with Crippen LogP contribution < -0.4 is 0 Å². The summed E-state index contributed by atoms with van der Waals surface area (Å²) in [5, 5.41) is 17.8. The normalized spacial score (nSPS) is 23.9. The molecule has 0 aliphatic carbocycles. The highest BCUT2D eigenvalue weighted by molar-refractivity contribution is 5.78. The van der Waals surface area contributed by atoms with Crippen molar-refractivity contribution in [3.05, 3.63) is 0 Å². The van der Waals surface area contributed by atoms with E-state index in [4.69, 9.17) is 14.9 Å². The molecule has 0 bridgehead atoms. The molecule has 19 heavy (non-hydrogen) atoms. The van der Waals surface area contributed by atoms with Gasteiger partial charge in [-0.15, -0.1) is 0 Å². The van der Waals surface area contributed by atoms with Crippen LogP contribution in [0.2, 0.25) is 0 Å². The molecular weight excluding hydrogens is 248 g/mol. The molecule has 1 aliphatic heterocycles. The first-order chi connectivity index (χ1) is 9.06. The van der Waals surface area contributed by atoms with Gasteiger partial charge in [0.2, 0.25) is 5.91 Å². The van der Waals surface area contributed by atoms with Crippen LogP contribution in [0.5, 0.6) is 0 Å². The van der Waals surface area contributed by atoms with E-state index in [1.807, 2.05) is 23.6 Å². The summed E-state index contributed by atoms with van der Waals surface area (Å²) in [5.41, 5.74) is 0. The first-order valence-corrected chi connectivity index (χ1v) is 6.94. The van der Waals surface area contributed by atoms with Crippen LogP contribution in [0.4, 0.5) is 0 Å². The Balaban J connectivity index is 2.45. The highest BCUT2D eigenvalue weighted by atomic mass is 16.5. The minimum absolute atomic E-state index is 0.0224. The van der Waals surface area contributed by atoms with E-state index in [1.54, 1.807) is 0 Å². The van der Waals surface area contributed by atoms with Gasteiger partial charge in [0.15, 0.2) is 0 Å². The van der Waals surface area contributed by atoms with Gasteiger partial charge in [0, 0.05) is 32.8 Å². The average Bonchev–Trinajstić information content (AvgIpc) is 2.35. The third-order valence-electron chi connectivity index (χ3n) is 3.18. The predicted octanol–water partition coefficient (Wildman–Crippen LogP) is -0.701. The fourth-order valence-corrected chi connectivity index (χ4v) is 2.38. The number of morpholine rings is 1. The molecule has 0 saturated carbocycles. The highest BCUT2D eigenvalue weighted by Gasteiger charge is 2.26. The number of hydrogen-bond acceptors (Lipinski definition) is 5. The fraction of sp³-hybridized carbons (Fsp3) is 0.923. The zero-order chi connectivity index (χ0) is 14.3. The quantitative estimate of drug-likeness (QED) is 0.642. The predicted molar refractivity (Wildman–Crippen MR) is 71.8 cm³/mol. The van der Waals surface area contributed by atoms with Gasteiger partial charge in [-0.05, 0) is 20.3 Å². The summed E-state index contributed by atoms with van der Waals surface area (Å²) in [4.78, 5) is 15.9. The number of hydrogen-bond donors (Lipinski definition) is 2. The first-order valence-electron chi connectivity index (χ1n) is 6.94. The van der Waals surface area contributed by atoms with Crippen molar-refractivity contribution < 1.29 is 19.7 Å². The van der Waals surface area contributed by atoms with Crippen molar-refractivity contribution in [2.45, 2.75) is 32.5 Å². The summed E-state index contributed by atoms with van der Waals surface area (Å²) in [6, 6.07) is 0. The fourth-order valence-electron chi connectivity index (χ4n) is 2.38. The molecule has 6 nitrogen and oxygen atoms in total. The minimum atomic E-state index is 0.0224. The smallest absolute Gasteiger partial charge is 0.236 e. The molecule has 1 heterocycles. The van der Waals surface area contributed by atoms with Gasteiger partial charge in [0.1, 0.15) is 0 Å². The lowest BCUT2D eigenvalue weighted by molar-refractivity contribution is -0.144. The van der Waals surface area contributed by atoms with E-state index in [-0.39, 0.29) is 31.3 Å². The summed E-state index contributed by atoms with van der Waals surface area (Å²) in [5.74, 6) is 0.0633. The SMILES string of the molecule is CC1CN(C(=O)CN(CCO)CCCO)CC(C)O1. The van der Waals surface area contributed by atoms with E-state index < -0.39 is 0 Å². The molecule has 1 aliphatic rings. The van der Waals surface area contributed by atoms with E-state index in [1.165, 1.54) is 0 Å². The van der Waals surface area contributed by atoms with Crippen molar-refractivity contribution in [1.82, 2.24) is 9.80 Å². The van der Waals surface area contributed by atoms with Crippen LogP contribution in [-0.4, -0.2) is 84.1 Å². The van der Waals surface area contributed by atoms with Gasteiger partial charge in [-0.1, -0.05) is 0 Å². The van der Waals surface area contributed by atoms with E-state index in [0.717, 1.165) is 0 Å². The Hall–Kier alpha value is -0.690. The third kappa shape index (κ3) is 5.86. The molecule has 0 spiro atoms. The van der Waals surface area contributed by atoms with Crippen LogP contribution in [0.1, 0.15) is 20.3 Å². The molecular formula is C13H26N2O4. The minimum Gasteiger partial charge on any atom is -0.396 e. The van der Waals surface area contributed by atoms with Gasteiger partial charge in [0.25, 0.3) is 0 Å². The van der Waals surface area contributed by atoms with Crippen molar-refractivity contribution in [3.8, 4) is 0 Å². The Morgan fingerprint density at radius 1 is 1.21 bits per heavy atom. The number of amides is 1. The molecule has 112 valence electrons. The van der Waals surface area contributed by atoms with E-state index >= 15 is 0 Å². The van der Waals surface area contributed by atoms with E-state index in [9.17, 15) is 4.79 Å². The molecule has 2 N–H and O–H groups in total. The number of aliphatic hydroxyl groups excluding tert-OH is 2. The number of nitrogens with zero attached hydrogens (tertiary/aromatic N) is 2. The van der Waals surface area contributed by atoms with Gasteiger partial charge in [-0.2, -0.15) is 0 Å². The Bertz CT molecular complexity index is 265.